The lowest BCUT2D eigenvalue weighted by Crippen LogP contribution is -2.30. The SMILES string of the molecule is O=C1c2ccccc2C(=O)N1c1cccc2c(=O)c3ccccc3[nH]c12. The molecule has 5 nitrogen and oxygen atoms in total. The van der Waals surface area contributed by atoms with Crippen LogP contribution in [0.15, 0.2) is 71.5 Å². The molecule has 0 saturated heterocycles. The fraction of sp³-hybridized carbons (Fsp3) is 0. The van der Waals surface area contributed by atoms with Crippen LogP contribution in [-0.2, 0) is 0 Å². The molecule has 0 radical (unpaired) electrons. The average Bonchev–Trinajstić information content (AvgIpc) is 2.93. The first-order chi connectivity index (χ1) is 12.7. The normalized spacial score (nSPS) is 13.6. The number of benzene rings is 3. The summed E-state index contributed by atoms with van der Waals surface area (Å²) in [6.45, 7) is 0. The second-order valence-corrected chi connectivity index (χ2v) is 6.19. The van der Waals surface area contributed by atoms with E-state index in [1.807, 2.05) is 6.07 Å². The Morgan fingerprint density at radius 3 is 2.00 bits per heavy atom. The van der Waals surface area contributed by atoms with E-state index in [1.54, 1.807) is 60.7 Å². The molecule has 2 amide bonds. The van der Waals surface area contributed by atoms with E-state index in [9.17, 15) is 14.4 Å². The Bertz CT molecular complexity index is 1270. The van der Waals surface area contributed by atoms with Crippen molar-refractivity contribution in [2.45, 2.75) is 0 Å². The number of pyridine rings is 1. The maximum atomic E-state index is 12.8. The molecular weight excluding hydrogens is 328 g/mol. The van der Waals surface area contributed by atoms with Crippen molar-refractivity contribution in [2.75, 3.05) is 4.90 Å². The van der Waals surface area contributed by atoms with E-state index in [4.69, 9.17) is 0 Å². The van der Waals surface area contributed by atoms with Crippen molar-refractivity contribution in [3.05, 3.63) is 88.1 Å². The molecule has 0 aliphatic carbocycles. The second-order valence-electron chi connectivity index (χ2n) is 6.19. The first-order valence-corrected chi connectivity index (χ1v) is 8.18. The highest BCUT2D eigenvalue weighted by atomic mass is 16.2. The maximum Gasteiger partial charge on any atom is 0.266 e. The van der Waals surface area contributed by atoms with Gasteiger partial charge in [0.15, 0.2) is 5.43 Å². The maximum absolute atomic E-state index is 12.8. The minimum absolute atomic E-state index is 0.132. The van der Waals surface area contributed by atoms with Crippen LogP contribution in [0.25, 0.3) is 21.8 Å². The van der Waals surface area contributed by atoms with Crippen LogP contribution in [0.3, 0.4) is 0 Å². The summed E-state index contributed by atoms with van der Waals surface area (Å²) < 4.78 is 0. The van der Waals surface area contributed by atoms with Gasteiger partial charge in [0, 0.05) is 16.3 Å². The van der Waals surface area contributed by atoms with Gasteiger partial charge in [-0.05, 0) is 36.4 Å². The van der Waals surface area contributed by atoms with Crippen LogP contribution in [0.2, 0.25) is 0 Å². The number of imide groups is 1. The number of fused-ring (bicyclic) bond motifs is 3. The third kappa shape index (κ3) is 1.82. The van der Waals surface area contributed by atoms with Gasteiger partial charge in [0.2, 0.25) is 0 Å². The number of hydrogen-bond donors (Lipinski definition) is 1. The number of amides is 2. The van der Waals surface area contributed by atoms with Gasteiger partial charge in [-0.25, -0.2) is 4.90 Å². The fourth-order valence-corrected chi connectivity index (χ4v) is 3.52. The van der Waals surface area contributed by atoms with Crippen LogP contribution in [0.1, 0.15) is 20.7 Å². The van der Waals surface area contributed by atoms with Crippen LogP contribution in [0.4, 0.5) is 5.69 Å². The average molecular weight is 340 g/mol. The summed E-state index contributed by atoms with van der Waals surface area (Å²) in [4.78, 5) is 42.8. The van der Waals surface area contributed by atoms with Crippen LogP contribution in [0, 0.1) is 0 Å². The number of aromatic amines is 1. The predicted octanol–water partition coefficient (Wildman–Crippen LogP) is 3.48. The highest BCUT2D eigenvalue weighted by Gasteiger charge is 2.37. The van der Waals surface area contributed by atoms with E-state index in [0.29, 0.717) is 38.6 Å². The van der Waals surface area contributed by atoms with Crippen LogP contribution in [-0.4, -0.2) is 16.8 Å². The van der Waals surface area contributed by atoms with Crippen molar-refractivity contribution in [3.8, 4) is 0 Å². The van der Waals surface area contributed by atoms with Crippen molar-refractivity contribution >= 4 is 39.3 Å². The summed E-state index contributed by atoms with van der Waals surface area (Å²) in [5.41, 5.74) is 2.14. The summed E-state index contributed by atoms with van der Waals surface area (Å²) >= 11 is 0. The van der Waals surface area contributed by atoms with Gasteiger partial charge in [-0.1, -0.05) is 30.3 Å². The number of carbonyl (C=O) groups is 2. The predicted molar refractivity (Wildman–Crippen MR) is 99.7 cm³/mol. The lowest BCUT2D eigenvalue weighted by atomic mass is 10.1. The van der Waals surface area contributed by atoms with Gasteiger partial charge < -0.3 is 4.98 Å². The fourth-order valence-electron chi connectivity index (χ4n) is 3.52. The first kappa shape index (κ1) is 14.6. The number of anilines is 1. The van der Waals surface area contributed by atoms with E-state index in [0.717, 1.165) is 4.90 Å². The molecule has 0 fully saturated rings. The number of rotatable bonds is 1. The van der Waals surface area contributed by atoms with Gasteiger partial charge >= 0.3 is 0 Å². The number of carbonyl (C=O) groups excluding carboxylic acids is 2. The first-order valence-electron chi connectivity index (χ1n) is 8.18. The lowest BCUT2D eigenvalue weighted by Gasteiger charge is -2.16. The third-order valence-electron chi connectivity index (χ3n) is 4.75. The molecule has 1 N–H and O–H groups in total. The monoisotopic (exact) mass is 340 g/mol. The molecule has 4 aromatic rings. The Hall–Kier alpha value is -3.73. The summed E-state index contributed by atoms with van der Waals surface area (Å²) in [7, 11) is 0. The molecule has 5 heteroatoms. The number of hydrogen-bond acceptors (Lipinski definition) is 3. The van der Waals surface area contributed by atoms with Gasteiger partial charge in [-0.2, -0.15) is 0 Å². The zero-order valence-corrected chi connectivity index (χ0v) is 13.5. The van der Waals surface area contributed by atoms with E-state index in [2.05, 4.69) is 4.98 Å². The minimum Gasteiger partial charge on any atom is -0.353 e. The molecule has 26 heavy (non-hydrogen) atoms. The van der Waals surface area contributed by atoms with Crippen molar-refractivity contribution in [3.63, 3.8) is 0 Å². The zero-order valence-electron chi connectivity index (χ0n) is 13.5. The van der Waals surface area contributed by atoms with Crippen molar-refractivity contribution in [1.82, 2.24) is 4.98 Å². The third-order valence-corrected chi connectivity index (χ3v) is 4.75. The molecule has 0 unspecified atom stereocenters. The van der Waals surface area contributed by atoms with Gasteiger partial charge in [0.25, 0.3) is 11.8 Å². The smallest absolute Gasteiger partial charge is 0.266 e. The molecule has 0 atom stereocenters. The Kier molecular flexibility index (Phi) is 2.88. The highest BCUT2D eigenvalue weighted by molar-refractivity contribution is 6.35. The van der Waals surface area contributed by atoms with Crippen molar-refractivity contribution < 1.29 is 9.59 Å². The van der Waals surface area contributed by atoms with E-state index in [-0.39, 0.29) is 17.2 Å². The van der Waals surface area contributed by atoms with E-state index in [1.165, 1.54) is 0 Å². The summed E-state index contributed by atoms with van der Waals surface area (Å²) in [5, 5.41) is 1.01. The standard InChI is InChI=1S/C21H12N2O3/c24-19-14-8-3-4-10-16(14)22-18-15(19)9-5-11-17(18)23-20(25)12-6-1-2-7-13(12)21(23)26/h1-11H,(H,22,24). The minimum atomic E-state index is -0.382. The van der Waals surface area contributed by atoms with Crippen molar-refractivity contribution in [2.24, 2.45) is 0 Å². The van der Waals surface area contributed by atoms with E-state index < -0.39 is 0 Å². The zero-order chi connectivity index (χ0) is 17.8. The quantitative estimate of drug-likeness (QED) is 0.426. The van der Waals surface area contributed by atoms with Gasteiger partial charge in [-0.15, -0.1) is 0 Å². The molecule has 124 valence electrons. The molecule has 0 bridgehead atoms. The van der Waals surface area contributed by atoms with Gasteiger partial charge in [-0.3, -0.25) is 14.4 Å². The molecule has 1 aliphatic heterocycles. The second kappa shape index (κ2) is 5.13. The highest BCUT2D eigenvalue weighted by Crippen LogP contribution is 2.32. The molecule has 0 spiro atoms. The molecule has 0 saturated carbocycles. The Balaban J connectivity index is 1.83. The topological polar surface area (TPSA) is 70.2 Å². The summed E-state index contributed by atoms with van der Waals surface area (Å²) in [5.74, 6) is -0.765. The molecule has 3 aromatic carbocycles. The molecule has 1 aliphatic rings. The van der Waals surface area contributed by atoms with Crippen LogP contribution in [0.5, 0.6) is 0 Å². The van der Waals surface area contributed by atoms with Crippen LogP contribution >= 0.6 is 0 Å². The van der Waals surface area contributed by atoms with Crippen LogP contribution < -0.4 is 10.3 Å². The Morgan fingerprint density at radius 2 is 1.27 bits per heavy atom. The molecular formula is C21H12N2O3. The van der Waals surface area contributed by atoms with Crippen molar-refractivity contribution in [1.29, 1.82) is 0 Å². The Morgan fingerprint density at radius 1 is 0.654 bits per heavy atom. The van der Waals surface area contributed by atoms with E-state index >= 15 is 0 Å². The summed E-state index contributed by atoms with van der Waals surface area (Å²) in [6.07, 6.45) is 0. The number of para-hydroxylation sites is 2. The molecule has 1 aromatic heterocycles. The number of nitrogens with zero attached hydrogens (tertiary/aromatic N) is 1. The molecule has 2 heterocycles. The van der Waals surface area contributed by atoms with Gasteiger partial charge in [0.05, 0.1) is 22.3 Å². The number of nitrogens with one attached hydrogen (secondary N) is 1. The number of aromatic nitrogens is 1. The summed E-state index contributed by atoms with van der Waals surface area (Å²) in [6, 6.07) is 19.0. The largest absolute Gasteiger partial charge is 0.353 e. The number of H-pyrrole nitrogens is 1. The molecule has 5 rings (SSSR count). The van der Waals surface area contributed by atoms with Gasteiger partial charge in [0.1, 0.15) is 0 Å². The Labute approximate surface area is 147 Å². The lowest BCUT2D eigenvalue weighted by molar-refractivity contribution is 0.0926.